The fraction of sp³-hybridized carbons (Fsp3) is 0.909. The normalized spacial score (nSPS) is 18.5. The number of hydrogen-bond donors (Lipinski definition) is 2. The molecular formula is C11H22N2O2. The van der Waals surface area contributed by atoms with Gasteiger partial charge in [0.1, 0.15) is 0 Å². The number of carbonyl (C=O) groups is 1. The highest BCUT2D eigenvalue weighted by molar-refractivity contribution is 5.82. The topological polar surface area (TPSA) is 52.6 Å². The van der Waals surface area contributed by atoms with Gasteiger partial charge in [0.15, 0.2) is 0 Å². The minimum Gasteiger partial charge on any atom is -0.395 e. The van der Waals surface area contributed by atoms with E-state index in [0.29, 0.717) is 6.54 Å². The molecule has 1 fully saturated rings. The highest BCUT2D eigenvalue weighted by Gasteiger charge is 2.27. The molecule has 2 N–H and O–H groups in total. The maximum Gasteiger partial charge on any atom is 0.239 e. The summed E-state index contributed by atoms with van der Waals surface area (Å²) >= 11 is 0. The molecular weight excluding hydrogens is 192 g/mol. The molecule has 0 radical (unpaired) electrons. The molecule has 1 saturated heterocycles. The van der Waals surface area contributed by atoms with E-state index in [0.717, 1.165) is 25.9 Å². The molecule has 0 bridgehead atoms. The largest absolute Gasteiger partial charge is 0.395 e. The minimum atomic E-state index is -0.143. The molecule has 1 amide bonds. The van der Waals surface area contributed by atoms with Crippen molar-refractivity contribution in [2.24, 2.45) is 5.92 Å². The van der Waals surface area contributed by atoms with Crippen LogP contribution in [0, 0.1) is 5.92 Å². The summed E-state index contributed by atoms with van der Waals surface area (Å²) < 4.78 is 0. The summed E-state index contributed by atoms with van der Waals surface area (Å²) in [6, 6.07) is -0.143. The number of hydrogen-bond acceptors (Lipinski definition) is 3. The van der Waals surface area contributed by atoms with Crippen LogP contribution in [0.1, 0.15) is 26.7 Å². The Bertz CT molecular complexity index is 201. The van der Waals surface area contributed by atoms with Crippen LogP contribution in [0.15, 0.2) is 0 Å². The van der Waals surface area contributed by atoms with Crippen molar-refractivity contribution in [2.45, 2.75) is 32.7 Å². The Balaban J connectivity index is 2.49. The Hall–Kier alpha value is -0.610. The molecule has 0 saturated carbocycles. The van der Waals surface area contributed by atoms with Gasteiger partial charge in [0, 0.05) is 19.6 Å². The van der Waals surface area contributed by atoms with Crippen LogP contribution in [-0.2, 0) is 4.79 Å². The quantitative estimate of drug-likeness (QED) is 0.688. The third-order valence-electron chi connectivity index (χ3n) is 2.83. The summed E-state index contributed by atoms with van der Waals surface area (Å²) in [5.41, 5.74) is 0. The monoisotopic (exact) mass is 214 g/mol. The van der Waals surface area contributed by atoms with E-state index in [1.54, 1.807) is 0 Å². The van der Waals surface area contributed by atoms with Crippen LogP contribution in [0.3, 0.4) is 0 Å². The molecule has 0 spiro atoms. The molecule has 1 rings (SSSR count). The lowest BCUT2D eigenvalue weighted by molar-refractivity contribution is -0.133. The molecule has 1 aliphatic heterocycles. The zero-order chi connectivity index (χ0) is 11.3. The number of likely N-dealkylation sites (tertiary alicyclic amines) is 1. The van der Waals surface area contributed by atoms with Gasteiger partial charge in [-0.1, -0.05) is 13.8 Å². The van der Waals surface area contributed by atoms with Crippen LogP contribution in [0.5, 0.6) is 0 Å². The van der Waals surface area contributed by atoms with Gasteiger partial charge in [-0.25, -0.2) is 0 Å². The molecule has 0 unspecified atom stereocenters. The van der Waals surface area contributed by atoms with Crippen molar-refractivity contribution in [3.63, 3.8) is 0 Å². The summed E-state index contributed by atoms with van der Waals surface area (Å²) in [6.07, 6.45) is 2.24. The van der Waals surface area contributed by atoms with Crippen LogP contribution in [0.2, 0.25) is 0 Å². The first kappa shape index (κ1) is 12.5. The Morgan fingerprint density at radius 2 is 2.00 bits per heavy atom. The van der Waals surface area contributed by atoms with Gasteiger partial charge in [0.05, 0.1) is 12.6 Å². The number of amides is 1. The van der Waals surface area contributed by atoms with E-state index in [-0.39, 0.29) is 24.5 Å². The van der Waals surface area contributed by atoms with Crippen molar-refractivity contribution < 1.29 is 9.90 Å². The third kappa shape index (κ3) is 3.47. The minimum absolute atomic E-state index is 0.0799. The van der Waals surface area contributed by atoms with E-state index >= 15 is 0 Å². The molecule has 1 atom stereocenters. The Morgan fingerprint density at radius 3 is 2.47 bits per heavy atom. The zero-order valence-electron chi connectivity index (χ0n) is 9.70. The standard InChI is InChI=1S/C11H22N2O2/c1-9(2)10(12-5-8-14)11(15)13-6-3-4-7-13/h9-10,12,14H,3-8H2,1-2H3/t10-/m0/s1. The summed E-state index contributed by atoms with van der Waals surface area (Å²) in [5.74, 6) is 0.459. The first-order valence-corrected chi connectivity index (χ1v) is 5.80. The third-order valence-corrected chi connectivity index (χ3v) is 2.83. The van der Waals surface area contributed by atoms with E-state index < -0.39 is 0 Å². The van der Waals surface area contributed by atoms with Crippen LogP contribution in [-0.4, -0.2) is 48.2 Å². The fourth-order valence-corrected chi connectivity index (χ4v) is 1.96. The summed E-state index contributed by atoms with van der Waals surface area (Å²) in [6.45, 7) is 6.41. The van der Waals surface area contributed by atoms with Gasteiger partial charge >= 0.3 is 0 Å². The number of nitrogens with one attached hydrogen (secondary N) is 1. The molecule has 0 aliphatic carbocycles. The predicted octanol–water partition coefficient (Wildman–Crippen LogP) is 0.215. The summed E-state index contributed by atoms with van der Waals surface area (Å²) in [7, 11) is 0. The average Bonchev–Trinajstić information content (AvgIpc) is 2.70. The van der Waals surface area contributed by atoms with Crippen LogP contribution in [0.4, 0.5) is 0 Å². The lowest BCUT2D eigenvalue weighted by Crippen LogP contribution is -2.49. The second kappa shape index (κ2) is 6.08. The highest BCUT2D eigenvalue weighted by Crippen LogP contribution is 2.12. The number of nitrogens with zero attached hydrogens (tertiary/aromatic N) is 1. The van der Waals surface area contributed by atoms with Crippen LogP contribution < -0.4 is 5.32 Å². The van der Waals surface area contributed by atoms with Crippen molar-refractivity contribution in [3.8, 4) is 0 Å². The summed E-state index contributed by atoms with van der Waals surface area (Å²) in [5, 5.41) is 11.9. The lowest BCUT2D eigenvalue weighted by Gasteiger charge is -2.26. The number of aliphatic hydroxyl groups excluding tert-OH is 1. The molecule has 0 aromatic carbocycles. The number of carbonyl (C=O) groups excluding carboxylic acids is 1. The molecule has 1 aliphatic rings. The van der Waals surface area contributed by atoms with E-state index in [4.69, 9.17) is 5.11 Å². The van der Waals surface area contributed by atoms with Crippen LogP contribution in [0.25, 0.3) is 0 Å². The molecule has 4 heteroatoms. The van der Waals surface area contributed by atoms with Gasteiger partial charge in [-0.3, -0.25) is 4.79 Å². The first-order chi connectivity index (χ1) is 7.16. The molecule has 88 valence electrons. The fourth-order valence-electron chi connectivity index (χ4n) is 1.96. The lowest BCUT2D eigenvalue weighted by atomic mass is 10.0. The predicted molar refractivity (Wildman–Crippen MR) is 59.5 cm³/mol. The second-order valence-corrected chi connectivity index (χ2v) is 4.43. The van der Waals surface area contributed by atoms with E-state index in [9.17, 15) is 4.79 Å². The molecule has 4 nitrogen and oxygen atoms in total. The maximum absolute atomic E-state index is 12.1. The number of rotatable bonds is 5. The molecule has 1 heterocycles. The smallest absolute Gasteiger partial charge is 0.239 e. The van der Waals surface area contributed by atoms with E-state index in [1.165, 1.54) is 0 Å². The Labute approximate surface area is 91.6 Å². The SMILES string of the molecule is CC(C)[C@H](NCCO)C(=O)N1CCCC1. The molecule has 15 heavy (non-hydrogen) atoms. The summed E-state index contributed by atoms with van der Waals surface area (Å²) in [4.78, 5) is 14.0. The highest BCUT2D eigenvalue weighted by atomic mass is 16.3. The van der Waals surface area contributed by atoms with Crippen molar-refractivity contribution in [2.75, 3.05) is 26.2 Å². The second-order valence-electron chi connectivity index (χ2n) is 4.43. The molecule has 0 aromatic rings. The van der Waals surface area contributed by atoms with Crippen molar-refractivity contribution in [1.82, 2.24) is 10.2 Å². The maximum atomic E-state index is 12.1. The van der Waals surface area contributed by atoms with Gasteiger partial charge in [-0.15, -0.1) is 0 Å². The van der Waals surface area contributed by atoms with Crippen LogP contribution >= 0.6 is 0 Å². The van der Waals surface area contributed by atoms with E-state index in [1.807, 2.05) is 18.7 Å². The van der Waals surface area contributed by atoms with Crippen molar-refractivity contribution >= 4 is 5.91 Å². The van der Waals surface area contributed by atoms with Gasteiger partial charge in [-0.2, -0.15) is 0 Å². The van der Waals surface area contributed by atoms with Gasteiger partial charge < -0.3 is 15.3 Å². The Kier molecular flexibility index (Phi) is 5.05. The van der Waals surface area contributed by atoms with Gasteiger partial charge in [-0.05, 0) is 18.8 Å². The zero-order valence-corrected chi connectivity index (χ0v) is 9.70. The van der Waals surface area contributed by atoms with Crippen molar-refractivity contribution in [1.29, 1.82) is 0 Å². The molecule has 0 aromatic heterocycles. The van der Waals surface area contributed by atoms with Crippen molar-refractivity contribution in [3.05, 3.63) is 0 Å². The van der Waals surface area contributed by atoms with E-state index in [2.05, 4.69) is 5.32 Å². The van der Waals surface area contributed by atoms with Gasteiger partial charge in [0.2, 0.25) is 5.91 Å². The van der Waals surface area contributed by atoms with Gasteiger partial charge in [0.25, 0.3) is 0 Å². The average molecular weight is 214 g/mol. The Morgan fingerprint density at radius 1 is 1.40 bits per heavy atom. The first-order valence-electron chi connectivity index (χ1n) is 5.80. The number of aliphatic hydroxyl groups is 1.